The average Bonchev–Trinajstić information content (AvgIpc) is 3.13. The molecule has 0 spiro atoms. The van der Waals surface area contributed by atoms with Gasteiger partial charge in [0, 0.05) is 10.8 Å². The molecule has 2 heterocycles. The van der Waals surface area contributed by atoms with Crippen LogP contribution in [0, 0.1) is 5.92 Å². The van der Waals surface area contributed by atoms with E-state index in [0.717, 1.165) is 17.1 Å². The summed E-state index contributed by atoms with van der Waals surface area (Å²) in [7, 11) is 0. The number of nitrogens with zero attached hydrogens (tertiary/aromatic N) is 2. The number of benzene rings is 3. The second-order valence-electron chi connectivity index (χ2n) is 8.03. The lowest BCUT2D eigenvalue weighted by atomic mass is 9.90. The summed E-state index contributed by atoms with van der Waals surface area (Å²) in [4.78, 5) is 5.08. The number of fused-ring (bicyclic) bond motifs is 8. The molecule has 1 aliphatic rings. The minimum atomic E-state index is 0.264. The van der Waals surface area contributed by atoms with Crippen LogP contribution in [-0.4, -0.2) is 9.38 Å². The maximum absolute atomic E-state index is 5.08. The quantitative estimate of drug-likeness (QED) is 0.338. The van der Waals surface area contributed by atoms with Gasteiger partial charge in [0.2, 0.25) is 0 Å². The summed E-state index contributed by atoms with van der Waals surface area (Å²) in [5, 5.41) is 3.95. The third-order valence-electron chi connectivity index (χ3n) is 6.56. The highest BCUT2D eigenvalue weighted by molar-refractivity contribution is 6.15. The van der Waals surface area contributed by atoms with Gasteiger partial charge in [0.15, 0.2) is 0 Å². The van der Waals surface area contributed by atoms with Crippen LogP contribution in [0.2, 0.25) is 0 Å². The van der Waals surface area contributed by atoms with Crippen molar-refractivity contribution in [2.24, 2.45) is 5.92 Å². The Morgan fingerprint density at radius 1 is 0.885 bits per heavy atom. The van der Waals surface area contributed by atoms with Gasteiger partial charge in [-0.3, -0.25) is 4.40 Å². The first kappa shape index (κ1) is 14.3. The minimum absolute atomic E-state index is 0.264. The molecule has 6 rings (SSSR count). The van der Waals surface area contributed by atoms with Crippen LogP contribution in [-0.2, 0) is 5.41 Å². The van der Waals surface area contributed by atoms with Crippen LogP contribution in [0.25, 0.3) is 38.4 Å². The Balaban J connectivity index is 1.96. The molecule has 26 heavy (non-hydrogen) atoms. The SMILES string of the molecule is C[C@H]1CC1(C)c1cccc2c3ccccc3n3c4ccccc4nc3c12. The van der Waals surface area contributed by atoms with Crippen molar-refractivity contribution in [2.45, 2.75) is 25.7 Å². The summed E-state index contributed by atoms with van der Waals surface area (Å²) in [5.74, 6) is 0.726. The minimum Gasteiger partial charge on any atom is -0.292 e. The fraction of sp³-hybridized carbons (Fsp3) is 0.208. The maximum Gasteiger partial charge on any atom is 0.146 e. The molecule has 1 aliphatic carbocycles. The second kappa shape index (κ2) is 4.64. The third-order valence-corrected chi connectivity index (χ3v) is 6.56. The fourth-order valence-electron chi connectivity index (χ4n) is 4.78. The molecule has 3 aromatic carbocycles. The molecule has 0 bridgehead atoms. The summed E-state index contributed by atoms with van der Waals surface area (Å²) in [5.41, 5.74) is 6.29. The Morgan fingerprint density at radius 2 is 1.58 bits per heavy atom. The number of pyridine rings is 1. The number of hydrogen-bond acceptors (Lipinski definition) is 1. The lowest BCUT2D eigenvalue weighted by Crippen LogP contribution is -2.05. The summed E-state index contributed by atoms with van der Waals surface area (Å²) in [6, 6.07) is 24.0. The highest BCUT2D eigenvalue weighted by Gasteiger charge is 2.48. The van der Waals surface area contributed by atoms with Crippen molar-refractivity contribution >= 4 is 38.4 Å². The van der Waals surface area contributed by atoms with Crippen LogP contribution in [0.5, 0.6) is 0 Å². The van der Waals surface area contributed by atoms with Gasteiger partial charge in [0.05, 0.1) is 16.6 Å². The van der Waals surface area contributed by atoms with Gasteiger partial charge < -0.3 is 0 Å². The average molecular weight is 336 g/mol. The van der Waals surface area contributed by atoms with E-state index in [4.69, 9.17) is 4.98 Å². The van der Waals surface area contributed by atoms with Crippen molar-refractivity contribution in [3.05, 3.63) is 72.3 Å². The van der Waals surface area contributed by atoms with Crippen molar-refractivity contribution in [1.29, 1.82) is 0 Å². The molecule has 2 aromatic heterocycles. The van der Waals surface area contributed by atoms with E-state index in [0.29, 0.717) is 0 Å². The zero-order valence-corrected chi connectivity index (χ0v) is 15.0. The number of aromatic nitrogens is 2. The van der Waals surface area contributed by atoms with Gasteiger partial charge in [-0.1, -0.05) is 62.4 Å². The molecule has 1 saturated carbocycles. The lowest BCUT2D eigenvalue weighted by molar-refractivity contribution is 0.708. The van der Waals surface area contributed by atoms with E-state index < -0.39 is 0 Å². The van der Waals surface area contributed by atoms with Crippen LogP contribution in [0.4, 0.5) is 0 Å². The Bertz CT molecular complexity index is 1340. The van der Waals surface area contributed by atoms with E-state index in [9.17, 15) is 0 Å². The molecule has 1 fully saturated rings. The zero-order valence-electron chi connectivity index (χ0n) is 15.0. The number of para-hydroxylation sites is 3. The smallest absolute Gasteiger partial charge is 0.146 e. The van der Waals surface area contributed by atoms with Gasteiger partial charge in [-0.05, 0) is 46.9 Å². The molecule has 0 radical (unpaired) electrons. The summed E-state index contributed by atoms with van der Waals surface area (Å²) in [6.07, 6.45) is 1.26. The van der Waals surface area contributed by atoms with Gasteiger partial charge in [-0.15, -0.1) is 0 Å². The zero-order chi connectivity index (χ0) is 17.5. The molecule has 5 aromatic rings. The molecule has 1 unspecified atom stereocenters. The van der Waals surface area contributed by atoms with Crippen LogP contribution < -0.4 is 0 Å². The second-order valence-corrected chi connectivity index (χ2v) is 8.03. The molecular weight excluding hydrogens is 316 g/mol. The molecule has 2 heteroatoms. The monoisotopic (exact) mass is 336 g/mol. The van der Waals surface area contributed by atoms with E-state index in [1.807, 2.05) is 0 Å². The van der Waals surface area contributed by atoms with Crippen LogP contribution in [0.1, 0.15) is 25.8 Å². The number of rotatable bonds is 1. The van der Waals surface area contributed by atoms with E-state index in [1.54, 1.807) is 0 Å². The first-order chi connectivity index (χ1) is 12.7. The normalized spacial score (nSPS) is 22.6. The number of imidazole rings is 1. The predicted molar refractivity (Wildman–Crippen MR) is 109 cm³/mol. The molecular formula is C24H20N2. The largest absolute Gasteiger partial charge is 0.292 e. The van der Waals surface area contributed by atoms with Gasteiger partial charge in [-0.25, -0.2) is 4.98 Å². The molecule has 0 N–H and O–H groups in total. The van der Waals surface area contributed by atoms with Gasteiger partial charge in [0.1, 0.15) is 5.65 Å². The molecule has 2 atom stereocenters. The van der Waals surface area contributed by atoms with Crippen molar-refractivity contribution in [3.8, 4) is 0 Å². The van der Waals surface area contributed by atoms with Crippen LogP contribution in [0.3, 0.4) is 0 Å². The first-order valence-electron chi connectivity index (χ1n) is 9.39. The van der Waals surface area contributed by atoms with E-state index in [-0.39, 0.29) is 5.41 Å². The number of hydrogen-bond donors (Lipinski definition) is 0. The molecule has 0 aliphatic heterocycles. The standard InChI is InChI=1S/C24H20N2/c1-15-14-24(15,2)18-10-7-9-17-16-8-3-5-12-20(16)26-21-13-6-4-11-19(21)25-23(26)22(17)18/h3-13,15H,14H2,1-2H3/t15-,24?/m0/s1. The molecule has 2 nitrogen and oxygen atoms in total. The Labute approximate surface area is 152 Å². The lowest BCUT2D eigenvalue weighted by Gasteiger charge is -2.17. The van der Waals surface area contributed by atoms with Gasteiger partial charge in [-0.2, -0.15) is 0 Å². The Kier molecular flexibility index (Phi) is 2.56. The molecule has 126 valence electrons. The first-order valence-corrected chi connectivity index (χ1v) is 9.39. The predicted octanol–water partition coefficient (Wildman–Crippen LogP) is 6.09. The van der Waals surface area contributed by atoms with Crippen molar-refractivity contribution in [3.63, 3.8) is 0 Å². The van der Waals surface area contributed by atoms with Gasteiger partial charge in [0.25, 0.3) is 0 Å². The Morgan fingerprint density at radius 3 is 2.38 bits per heavy atom. The van der Waals surface area contributed by atoms with Crippen molar-refractivity contribution in [2.75, 3.05) is 0 Å². The van der Waals surface area contributed by atoms with E-state index in [2.05, 4.69) is 85.0 Å². The van der Waals surface area contributed by atoms with Crippen LogP contribution in [0.15, 0.2) is 66.7 Å². The van der Waals surface area contributed by atoms with Crippen molar-refractivity contribution in [1.82, 2.24) is 9.38 Å². The topological polar surface area (TPSA) is 17.3 Å². The van der Waals surface area contributed by atoms with E-state index in [1.165, 1.54) is 39.2 Å². The summed E-state index contributed by atoms with van der Waals surface area (Å²) in [6.45, 7) is 4.76. The Hall–Kier alpha value is -2.87. The van der Waals surface area contributed by atoms with Gasteiger partial charge >= 0.3 is 0 Å². The van der Waals surface area contributed by atoms with E-state index >= 15 is 0 Å². The highest BCUT2D eigenvalue weighted by atomic mass is 15.0. The van der Waals surface area contributed by atoms with Crippen molar-refractivity contribution < 1.29 is 0 Å². The highest BCUT2D eigenvalue weighted by Crippen LogP contribution is 2.56. The van der Waals surface area contributed by atoms with Crippen LogP contribution >= 0.6 is 0 Å². The maximum atomic E-state index is 5.08. The third kappa shape index (κ3) is 1.65. The molecule has 0 amide bonds. The molecule has 0 saturated heterocycles. The summed E-state index contributed by atoms with van der Waals surface area (Å²) < 4.78 is 2.35. The fourth-order valence-corrected chi connectivity index (χ4v) is 4.78. The summed E-state index contributed by atoms with van der Waals surface area (Å²) >= 11 is 0.